The van der Waals surface area contributed by atoms with Crippen molar-refractivity contribution in [3.8, 4) is 11.1 Å². The molecular formula is C22H26FN3O3. The van der Waals surface area contributed by atoms with Crippen molar-refractivity contribution in [1.82, 2.24) is 4.98 Å². The van der Waals surface area contributed by atoms with Gasteiger partial charge in [-0.25, -0.2) is 9.37 Å². The molecule has 0 aliphatic carbocycles. The van der Waals surface area contributed by atoms with Gasteiger partial charge >= 0.3 is 5.97 Å². The van der Waals surface area contributed by atoms with Crippen LogP contribution in [0.5, 0.6) is 0 Å². The molecule has 1 amide bonds. The molecule has 7 heteroatoms. The molecule has 0 bridgehead atoms. The number of carbonyl (C=O) groups excluding carboxylic acids is 2. The first kappa shape index (κ1) is 20.8. The number of pyridine rings is 1. The summed E-state index contributed by atoms with van der Waals surface area (Å²) in [6.07, 6.45) is 5.83. The van der Waals surface area contributed by atoms with Gasteiger partial charge < -0.3 is 15.4 Å². The Morgan fingerprint density at radius 3 is 2.59 bits per heavy atom. The number of aromatic nitrogens is 1. The first-order valence-electron chi connectivity index (χ1n) is 9.93. The number of rotatable bonds is 8. The molecule has 1 aromatic carbocycles. The lowest BCUT2D eigenvalue weighted by Crippen LogP contribution is -2.34. The van der Waals surface area contributed by atoms with Crippen molar-refractivity contribution in [1.29, 1.82) is 0 Å². The summed E-state index contributed by atoms with van der Waals surface area (Å²) in [5.74, 6) is 0.207. The molecule has 0 unspecified atom stereocenters. The Balaban J connectivity index is 1.51. The minimum Gasteiger partial charge on any atom is -0.456 e. The lowest BCUT2D eigenvalue weighted by molar-refractivity contribution is -0.147. The highest BCUT2D eigenvalue weighted by molar-refractivity contribution is 5.79. The van der Waals surface area contributed by atoms with Crippen molar-refractivity contribution in [3.05, 3.63) is 48.4 Å². The summed E-state index contributed by atoms with van der Waals surface area (Å²) in [5.41, 5.74) is 6.91. The standard InChI is InChI=1S/C22H26FN3O3/c23-18-8-6-17(7-9-18)19-4-2-12-25-22(19)26-13-10-16(11-14-26)3-1-5-21(28)29-15-20(24)27/h2,4,6-9,12,16H,1,3,5,10-11,13-15H2,(H2,24,27). The van der Waals surface area contributed by atoms with Crippen LogP contribution in [0.15, 0.2) is 42.6 Å². The van der Waals surface area contributed by atoms with Gasteiger partial charge in [0.05, 0.1) is 0 Å². The van der Waals surface area contributed by atoms with Gasteiger partial charge in [-0.15, -0.1) is 0 Å². The molecule has 6 nitrogen and oxygen atoms in total. The number of carbonyl (C=O) groups is 2. The Kier molecular flexibility index (Phi) is 7.16. The molecule has 2 N–H and O–H groups in total. The van der Waals surface area contributed by atoms with Gasteiger partial charge in [-0.05, 0) is 61.4 Å². The highest BCUT2D eigenvalue weighted by Gasteiger charge is 2.22. The second kappa shape index (κ2) is 10.0. The predicted molar refractivity (Wildman–Crippen MR) is 109 cm³/mol. The van der Waals surface area contributed by atoms with Crippen LogP contribution in [0.3, 0.4) is 0 Å². The van der Waals surface area contributed by atoms with Gasteiger partial charge in [-0.2, -0.15) is 0 Å². The van der Waals surface area contributed by atoms with E-state index < -0.39 is 5.91 Å². The van der Waals surface area contributed by atoms with E-state index in [9.17, 15) is 14.0 Å². The smallest absolute Gasteiger partial charge is 0.306 e. The number of piperidine rings is 1. The second-order valence-corrected chi connectivity index (χ2v) is 7.33. The number of benzene rings is 1. The van der Waals surface area contributed by atoms with Crippen molar-refractivity contribution in [2.45, 2.75) is 32.1 Å². The number of esters is 1. The highest BCUT2D eigenvalue weighted by Crippen LogP contribution is 2.32. The molecule has 0 atom stereocenters. The third-order valence-electron chi connectivity index (χ3n) is 5.22. The number of primary amides is 1. The first-order valence-corrected chi connectivity index (χ1v) is 9.93. The quantitative estimate of drug-likeness (QED) is 0.689. The fourth-order valence-corrected chi connectivity index (χ4v) is 3.70. The molecule has 1 fully saturated rings. The molecule has 3 rings (SSSR count). The van der Waals surface area contributed by atoms with Crippen LogP contribution in [-0.4, -0.2) is 36.6 Å². The van der Waals surface area contributed by atoms with Gasteiger partial charge in [-0.1, -0.05) is 12.1 Å². The Labute approximate surface area is 169 Å². The van der Waals surface area contributed by atoms with E-state index in [0.717, 1.165) is 55.7 Å². The third-order valence-corrected chi connectivity index (χ3v) is 5.22. The Hall–Kier alpha value is -2.96. The van der Waals surface area contributed by atoms with Crippen LogP contribution >= 0.6 is 0 Å². The molecule has 154 valence electrons. The lowest BCUT2D eigenvalue weighted by atomic mass is 9.91. The minimum absolute atomic E-state index is 0.251. The molecule has 29 heavy (non-hydrogen) atoms. The number of hydrogen-bond acceptors (Lipinski definition) is 5. The zero-order valence-corrected chi connectivity index (χ0v) is 16.4. The maximum atomic E-state index is 13.3. The fraction of sp³-hybridized carbons (Fsp3) is 0.409. The summed E-state index contributed by atoms with van der Waals surface area (Å²) in [7, 11) is 0. The van der Waals surface area contributed by atoms with Gasteiger partial charge in [-0.3, -0.25) is 9.59 Å². The summed E-state index contributed by atoms with van der Waals surface area (Å²) >= 11 is 0. The summed E-state index contributed by atoms with van der Waals surface area (Å²) in [6, 6.07) is 10.4. The number of nitrogens with two attached hydrogens (primary N) is 1. The fourth-order valence-electron chi connectivity index (χ4n) is 3.70. The molecule has 2 aromatic rings. The van der Waals surface area contributed by atoms with Crippen molar-refractivity contribution in [2.75, 3.05) is 24.6 Å². The normalized spacial score (nSPS) is 14.6. The third kappa shape index (κ3) is 6.01. The van der Waals surface area contributed by atoms with Crippen LogP contribution < -0.4 is 10.6 Å². The van der Waals surface area contributed by atoms with Gasteiger partial charge in [0, 0.05) is 31.3 Å². The number of halogens is 1. The van der Waals surface area contributed by atoms with Gasteiger partial charge in [0.25, 0.3) is 5.91 Å². The minimum atomic E-state index is -0.639. The molecule has 0 saturated carbocycles. The van der Waals surface area contributed by atoms with Crippen molar-refractivity contribution < 1.29 is 18.7 Å². The number of nitrogens with zero attached hydrogens (tertiary/aromatic N) is 2. The molecule has 0 radical (unpaired) electrons. The molecular weight excluding hydrogens is 373 g/mol. The Morgan fingerprint density at radius 2 is 1.90 bits per heavy atom. The van der Waals surface area contributed by atoms with Gasteiger partial charge in [0.2, 0.25) is 0 Å². The van der Waals surface area contributed by atoms with E-state index >= 15 is 0 Å². The van der Waals surface area contributed by atoms with Crippen molar-refractivity contribution in [2.24, 2.45) is 11.7 Å². The van der Waals surface area contributed by atoms with Crippen LogP contribution in [0, 0.1) is 11.7 Å². The zero-order chi connectivity index (χ0) is 20.6. The topological polar surface area (TPSA) is 85.5 Å². The summed E-state index contributed by atoms with van der Waals surface area (Å²) in [5, 5.41) is 0. The SMILES string of the molecule is NC(=O)COC(=O)CCCC1CCN(c2ncccc2-c2ccc(F)cc2)CC1. The van der Waals surface area contributed by atoms with E-state index in [2.05, 4.69) is 9.88 Å². The molecule has 2 heterocycles. The zero-order valence-electron chi connectivity index (χ0n) is 16.4. The van der Waals surface area contributed by atoms with Crippen molar-refractivity contribution in [3.63, 3.8) is 0 Å². The van der Waals surface area contributed by atoms with Gasteiger partial charge in [0.1, 0.15) is 11.6 Å². The largest absolute Gasteiger partial charge is 0.456 e. The molecule has 0 spiro atoms. The maximum Gasteiger partial charge on any atom is 0.306 e. The first-order chi connectivity index (χ1) is 14.0. The molecule has 1 aliphatic heterocycles. The van der Waals surface area contributed by atoms with E-state index in [1.807, 2.05) is 12.1 Å². The second-order valence-electron chi connectivity index (χ2n) is 7.33. The van der Waals surface area contributed by atoms with Crippen LogP contribution in [-0.2, 0) is 14.3 Å². The number of amides is 1. The van der Waals surface area contributed by atoms with Crippen LogP contribution in [0.25, 0.3) is 11.1 Å². The monoisotopic (exact) mass is 399 g/mol. The highest BCUT2D eigenvalue weighted by atomic mass is 19.1. The average Bonchev–Trinajstić information content (AvgIpc) is 2.73. The number of ether oxygens (including phenoxy) is 1. The number of hydrogen-bond donors (Lipinski definition) is 1. The summed E-state index contributed by atoms with van der Waals surface area (Å²) in [6.45, 7) is 1.43. The van der Waals surface area contributed by atoms with E-state index in [-0.39, 0.29) is 18.4 Å². The Bertz CT molecular complexity index is 833. The molecule has 1 aromatic heterocycles. The maximum absolute atomic E-state index is 13.3. The Morgan fingerprint density at radius 1 is 1.17 bits per heavy atom. The summed E-state index contributed by atoms with van der Waals surface area (Å²) in [4.78, 5) is 29.0. The van der Waals surface area contributed by atoms with Crippen LogP contribution in [0.1, 0.15) is 32.1 Å². The lowest BCUT2D eigenvalue weighted by Gasteiger charge is -2.34. The predicted octanol–water partition coefficient (Wildman–Crippen LogP) is 3.30. The summed E-state index contributed by atoms with van der Waals surface area (Å²) < 4.78 is 18.0. The van der Waals surface area contributed by atoms with Gasteiger partial charge in [0.15, 0.2) is 6.61 Å². The van der Waals surface area contributed by atoms with E-state index in [4.69, 9.17) is 10.5 Å². The average molecular weight is 399 g/mol. The number of anilines is 1. The molecule has 1 saturated heterocycles. The van der Waals surface area contributed by atoms with E-state index in [1.165, 1.54) is 12.1 Å². The van der Waals surface area contributed by atoms with E-state index in [1.54, 1.807) is 18.3 Å². The van der Waals surface area contributed by atoms with Crippen molar-refractivity contribution >= 4 is 17.7 Å². The van der Waals surface area contributed by atoms with Crippen LogP contribution in [0.2, 0.25) is 0 Å². The van der Waals surface area contributed by atoms with Crippen LogP contribution in [0.4, 0.5) is 10.2 Å². The molecule has 1 aliphatic rings. The van der Waals surface area contributed by atoms with E-state index in [0.29, 0.717) is 12.3 Å².